The number of amides is 1. The van der Waals surface area contributed by atoms with Gasteiger partial charge in [0.25, 0.3) is 0 Å². The first-order valence-electron chi connectivity index (χ1n) is 8.14. The average Bonchev–Trinajstić information content (AvgIpc) is 2.37. The zero-order valence-corrected chi connectivity index (χ0v) is 17.8. The molecule has 0 aliphatic heterocycles. The highest BCUT2D eigenvalue weighted by Crippen LogP contribution is 2.32. The summed E-state index contributed by atoms with van der Waals surface area (Å²) in [7, 11) is -2.82. The predicted octanol–water partition coefficient (Wildman–Crippen LogP) is 1.87. The maximum atomic E-state index is 13.0. The second-order valence-electron chi connectivity index (χ2n) is 8.05. The maximum Gasteiger partial charge on any atom is 0.408 e. The number of ketones is 1. The van der Waals surface area contributed by atoms with Gasteiger partial charge >= 0.3 is 12.1 Å². The molecule has 1 amide bonds. The van der Waals surface area contributed by atoms with Crippen molar-refractivity contribution in [3.63, 3.8) is 0 Å². The minimum absolute atomic E-state index is 0.241. The summed E-state index contributed by atoms with van der Waals surface area (Å²) in [5.74, 6) is -2.23. The van der Waals surface area contributed by atoms with Gasteiger partial charge in [-0.25, -0.2) is 13.2 Å². The fourth-order valence-electron chi connectivity index (χ4n) is 2.22. The van der Waals surface area contributed by atoms with Crippen LogP contribution in [-0.2, 0) is 28.9 Å². The highest BCUT2D eigenvalue weighted by Gasteiger charge is 2.38. The number of hydrogen-bond donors (Lipinski definition) is 2. The molecule has 0 aliphatic rings. The maximum absolute atomic E-state index is 13.0. The largest absolute Gasteiger partial charge is 0.486 e. The van der Waals surface area contributed by atoms with Crippen LogP contribution in [0.25, 0.3) is 0 Å². The van der Waals surface area contributed by atoms with Gasteiger partial charge in [0.1, 0.15) is 11.6 Å². The molecule has 0 aromatic rings. The number of hydrogen-bond acceptors (Lipinski definition) is 7. The Labute approximate surface area is 160 Å². The standard InChI is InChI=1S/C17H29NO8S/c1-16(2,3)12(14(25-7)27(8,23)24)13(21)10(9-11(19)20)18-15(22)26-17(4,5)6/h10H,9H2,1-8H3,(H,18,22)(H,19,20)/t10-/m0/s1. The molecule has 0 aromatic heterocycles. The van der Waals surface area contributed by atoms with Crippen molar-refractivity contribution in [2.75, 3.05) is 13.4 Å². The highest BCUT2D eigenvalue weighted by atomic mass is 32.2. The molecule has 0 heterocycles. The SMILES string of the molecule is COC(=C(C(=O)[C@H](CC(=O)O)NC(=O)OC(C)(C)C)C(C)(C)C)S(C)(=O)=O. The molecule has 0 aliphatic carbocycles. The molecule has 27 heavy (non-hydrogen) atoms. The minimum atomic E-state index is -3.92. The summed E-state index contributed by atoms with van der Waals surface area (Å²) in [6, 6.07) is -1.53. The second-order valence-corrected chi connectivity index (χ2v) is 9.96. The van der Waals surface area contributed by atoms with Crippen molar-refractivity contribution in [3.05, 3.63) is 10.7 Å². The number of rotatable bonds is 7. The lowest BCUT2D eigenvalue weighted by Gasteiger charge is -2.28. The fraction of sp³-hybridized carbons (Fsp3) is 0.706. The number of sulfone groups is 1. The van der Waals surface area contributed by atoms with Crippen LogP contribution in [0.4, 0.5) is 4.79 Å². The van der Waals surface area contributed by atoms with Gasteiger partial charge in [-0.1, -0.05) is 20.8 Å². The molecule has 0 fully saturated rings. The average molecular weight is 407 g/mol. The van der Waals surface area contributed by atoms with Crippen molar-refractivity contribution in [2.45, 2.75) is 59.6 Å². The van der Waals surface area contributed by atoms with E-state index in [2.05, 4.69) is 5.32 Å². The van der Waals surface area contributed by atoms with Crippen molar-refractivity contribution in [1.82, 2.24) is 5.32 Å². The van der Waals surface area contributed by atoms with E-state index >= 15 is 0 Å². The number of Topliss-reactive ketones (excluding diaryl/α,β-unsaturated/α-hetero) is 1. The van der Waals surface area contributed by atoms with Crippen molar-refractivity contribution in [2.24, 2.45) is 5.41 Å². The summed E-state index contributed by atoms with van der Waals surface area (Å²) >= 11 is 0. The summed E-state index contributed by atoms with van der Waals surface area (Å²) in [6.45, 7) is 9.55. The monoisotopic (exact) mass is 407 g/mol. The van der Waals surface area contributed by atoms with Gasteiger partial charge < -0.3 is 19.9 Å². The van der Waals surface area contributed by atoms with E-state index in [1.165, 1.54) is 0 Å². The predicted molar refractivity (Wildman–Crippen MR) is 98.8 cm³/mol. The van der Waals surface area contributed by atoms with E-state index in [-0.39, 0.29) is 5.57 Å². The van der Waals surface area contributed by atoms with Crippen LogP contribution in [0.1, 0.15) is 48.0 Å². The number of carboxylic acid groups (broad SMARTS) is 1. The molecule has 1 atom stereocenters. The van der Waals surface area contributed by atoms with Gasteiger partial charge in [0, 0.05) is 6.26 Å². The molecule has 0 saturated carbocycles. The number of ether oxygens (including phenoxy) is 2. The van der Waals surface area contributed by atoms with Gasteiger partial charge in [-0.15, -0.1) is 0 Å². The van der Waals surface area contributed by atoms with E-state index in [4.69, 9.17) is 14.6 Å². The van der Waals surface area contributed by atoms with E-state index in [0.717, 1.165) is 13.4 Å². The second kappa shape index (κ2) is 8.73. The molecule has 0 radical (unpaired) electrons. The third-order valence-electron chi connectivity index (χ3n) is 3.11. The Morgan fingerprint density at radius 1 is 1.07 bits per heavy atom. The van der Waals surface area contributed by atoms with Crippen molar-refractivity contribution < 1.29 is 37.4 Å². The van der Waals surface area contributed by atoms with Gasteiger partial charge in [-0.05, 0) is 26.2 Å². The number of alkyl carbamates (subject to hydrolysis) is 1. The Hall–Kier alpha value is -2.10. The summed E-state index contributed by atoms with van der Waals surface area (Å²) in [5, 5.41) is 10.8. The Kier molecular flexibility index (Phi) is 8.05. The molecule has 0 spiro atoms. The summed E-state index contributed by atoms with van der Waals surface area (Å²) < 4.78 is 34.1. The number of carbonyl (C=O) groups excluding carboxylic acids is 2. The van der Waals surface area contributed by atoms with E-state index in [9.17, 15) is 22.8 Å². The smallest absolute Gasteiger partial charge is 0.408 e. The van der Waals surface area contributed by atoms with Gasteiger partial charge in [0.15, 0.2) is 5.78 Å². The van der Waals surface area contributed by atoms with E-state index in [1.807, 2.05) is 0 Å². The summed E-state index contributed by atoms with van der Waals surface area (Å²) in [4.78, 5) is 36.2. The lowest BCUT2D eigenvalue weighted by atomic mass is 9.82. The molecule has 0 saturated heterocycles. The van der Waals surface area contributed by atoms with Crippen molar-refractivity contribution in [1.29, 1.82) is 0 Å². The first kappa shape index (κ1) is 24.9. The number of carbonyl (C=O) groups is 3. The van der Waals surface area contributed by atoms with Crippen LogP contribution in [0.3, 0.4) is 0 Å². The number of carboxylic acids is 1. The number of methoxy groups -OCH3 is 1. The lowest BCUT2D eigenvalue weighted by molar-refractivity contribution is -0.139. The lowest BCUT2D eigenvalue weighted by Crippen LogP contribution is -2.46. The van der Waals surface area contributed by atoms with Gasteiger partial charge in [-0.2, -0.15) is 0 Å². The van der Waals surface area contributed by atoms with Gasteiger partial charge in [0.05, 0.1) is 19.1 Å². The molecule has 2 N–H and O–H groups in total. The summed E-state index contributed by atoms with van der Waals surface area (Å²) in [6.07, 6.45) is -0.870. The van der Waals surface area contributed by atoms with Crippen LogP contribution in [-0.4, -0.2) is 56.4 Å². The first-order valence-corrected chi connectivity index (χ1v) is 10.0. The van der Waals surface area contributed by atoms with Crippen LogP contribution >= 0.6 is 0 Å². The molecule has 156 valence electrons. The Bertz CT molecular complexity index is 723. The molecular weight excluding hydrogens is 378 g/mol. The third kappa shape index (κ3) is 8.42. The molecule has 9 nitrogen and oxygen atoms in total. The van der Waals surface area contributed by atoms with E-state index in [0.29, 0.717) is 0 Å². The first-order chi connectivity index (χ1) is 11.9. The summed E-state index contributed by atoms with van der Waals surface area (Å²) in [5.41, 5.74) is -2.11. The molecule has 10 heteroatoms. The van der Waals surface area contributed by atoms with Crippen molar-refractivity contribution in [3.8, 4) is 0 Å². The van der Waals surface area contributed by atoms with Crippen LogP contribution in [0, 0.1) is 5.41 Å². The topological polar surface area (TPSA) is 136 Å². The highest BCUT2D eigenvalue weighted by molar-refractivity contribution is 7.94. The molecule has 0 aromatic carbocycles. The minimum Gasteiger partial charge on any atom is -0.486 e. The van der Waals surface area contributed by atoms with E-state index in [1.54, 1.807) is 41.5 Å². The fourth-order valence-corrected chi connectivity index (χ4v) is 3.30. The molecule has 0 bridgehead atoms. The zero-order valence-electron chi connectivity index (χ0n) is 17.0. The number of nitrogens with one attached hydrogen (secondary N) is 1. The van der Waals surface area contributed by atoms with E-state index < -0.39 is 56.3 Å². The van der Waals surface area contributed by atoms with Crippen LogP contribution in [0.5, 0.6) is 0 Å². The van der Waals surface area contributed by atoms with Crippen LogP contribution in [0.2, 0.25) is 0 Å². The third-order valence-corrected chi connectivity index (χ3v) is 4.15. The van der Waals surface area contributed by atoms with Gasteiger partial charge in [0.2, 0.25) is 14.9 Å². The molecule has 0 rings (SSSR count). The Balaban J connectivity index is 6.22. The van der Waals surface area contributed by atoms with Gasteiger partial charge in [-0.3, -0.25) is 9.59 Å². The molecular formula is C17H29NO8S. The molecule has 0 unspecified atom stereocenters. The van der Waals surface area contributed by atoms with Crippen molar-refractivity contribution >= 4 is 27.7 Å². The van der Waals surface area contributed by atoms with Crippen LogP contribution in [0.15, 0.2) is 10.7 Å². The zero-order chi connectivity index (χ0) is 21.8. The van der Waals surface area contributed by atoms with Crippen LogP contribution < -0.4 is 5.32 Å². The number of aliphatic carboxylic acids is 1. The quantitative estimate of drug-likeness (QED) is 0.482. The normalized spacial score (nSPS) is 14.7. The Morgan fingerprint density at radius 2 is 1.56 bits per heavy atom. The Morgan fingerprint density at radius 3 is 1.85 bits per heavy atom.